The van der Waals surface area contributed by atoms with Crippen LogP contribution in [-0.2, 0) is 35.0 Å². The third kappa shape index (κ3) is 12.9. The van der Waals surface area contributed by atoms with Gasteiger partial charge < -0.3 is 39.4 Å². The summed E-state index contributed by atoms with van der Waals surface area (Å²) in [5.74, 6) is -0.173. The summed E-state index contributed by atoms with van der Waals surface area (Å²) in [6, 6.07) is 13.1. The summed E-state index contributed by atoms with van der Waals surface area (Å²) >= 11 is 0. The zero-order valence-corrected chi connectivity index (χ0v) is 29.5. The number of carbonyl (C=O) groups excluding carboxylic acids is 1. The van der Waals surface area contributed by atoms with Gasteiger partial charge >= 0.3 is 65.2 Å². The Bertz CT molecular complexity index is 1230. The van der Waals surface area contributed by atoms with Crippen LogP contribution in [0.5, 0.6) is 0 Å². The number of ether oxygens (including phenoxy) is 2. The maximum Gasteiger partial charge on any atom is 1.00 e. The molecule has 3 N–H and O–H groups in total. The minimum atomic E-state index is -5.62. The Morgan fingerprint density at radius 1 is 1.12 bits per heavy atom. The van der Waals surface area contributed by atoms with Gasteiger partial charge in [-0.1, -0.05) is 44.2 Å². The molecule has 3 rings (SSSR count). The summed E-state index contributed by atoms with van der Waals surface area (Å²) in [7, 11) is -9.80. The van der Waals surface area contributed by atoms with E-state index >= 15 is 0 Å². The number of carbonyl (C=O) groups is 1. The van der Waals surface area contributed by atoms with E-state index in [2.05, 4.69) is 5.32 Å². The third-order valence-electron chi connectivity index (χ3n) is 5.95. The van der Waals surface area contributed by atoms with Gasteiger partial charge in [-0.25, -0.2) is 13.2 Å². The van der Waals surface area contributed by atoms with Gasteiger partial charge in [0.15, 0.2) is 0 Å². The first kappa shape index (κ1) is 38.5. The number of nitrogens with two attached hydrogens (primary N) is 1. The van der Waals surface area contributed by atoms with Crippen molar-refractivity contribution in [2.75, 3.05) is 32.0 Å². The minimum absolute atomic E-state index is 0. The van der Waals surface area contributed by atoms with Crippen molar-refractivity contribution in [3.05, 3.63) is 60.2 Å². The molecule has 2 aromatic carbocycles. The number of benzene rings is 2. The molecule has 0 aliphatic carbocycles. The number of sulfonamides is 1. The molecule has 16 heteroatoms. The molecule has 216 valence electrons. The molecule has 41 heavy (non-hydrogen) atoms. The number of alkyl carbamates (subject to hydrolysis) is 1. The van der Waals surface area contributed by atoms with E-state index in [1.54, 1.807) is 44.2 Å². The van der Waals surface area contributed by atoms with E-state index < -0.39 is 48.7 Å². The molecule has 1 heterocycles. The van der Waals surface area contributed by atoms with E-state index in [9.17, 15) is 27.6 Å². The van der Waals surface area contributed by atoms with Crippen LogP contribution in [0.3, 0.4) is 0 Å². The molecule has 0 bridgehead atoms. The van der Waals surface area contributed by atoms with Crippen molar-refractivity contribution in [2.24, 2.45) is 5.92 Å². The number of rotatable bonds is 13. The molecule has 0 saturated carbocycles. The summed E-state index contributed by atoms with van der Waals surface area (Å²) in [5, 5.41) is 2.59. The summed E-state index contributed by atoms with van der Waals surface area (Å²) in [4.78, 5) is 36.4. The first-order valence-electron chi connectivity index (χ1n) is 12.5. The second kappa shape index (κ2) is 17.7. The summed E-state index contributed by atoms with van der Waals surface area (Å²) in [6.45, 7) is 3.66. The molecule has 3 atom stereocenters. The van der Waals surface area contributed by atoms with E-state index in [1.165, 1.54) is 24.3 Å². The minimum Gasteiger partial charge on any atom is -0.790 e. The van der Waals surface area contributed by atoms with Crippen LogP contribution in [0, 0.1) is 5.92 Å². The molecule has 1 amide bonds. The Labute approximate surface area is 285 Å². The van der Waals surface area contributed by atoms with Gasteiger partial charge in [-0.05, 0) is 42.2 Å². The van der Waals surface area contributed by atoms with Crippen LogP contribution in [0.4, 0.5) is 10.5 Å². The zero-order chi connectivity index (χ0) is 28.6. The molecule has 0 spiro atoms. The van der Waals surface area contributed by atoms with Gasteiger partial charge in [-0.2, -0.15) is 4.31 Å². The first-order valence-corrected chi connectivity index (χ1v) is 15.4. The first-order chi connectivity index (χ1) is 18.3. The number of phosphoric ester groups is 1. The van der Waals surface area contributed by atoms with Gasteiger partial charge in [0.1, 0.15) is 6.10 Å². The van der Waals surface area contributed by atoms with Crippen molar-refractivity contribution in [1.29, 1.82) is 0 Å². The van der Waals surface area contributed by atoms with E-state index in [0.29, 0.717) is 24.3 Å². The van der Waals surface area contributed by atoms with Crippen molar-refractivity contribution >= 4 is 29.6 Å². The van der Waals surface area contributed by atoms with Gasteiger partial charge in [0, 0.05) is 25.2 Å². The average Bonchev–Trinajstić information content (AvgIpc) is 3.35. The standard InChI is InChI=1S/C25H36N3O9PS.2Na/c1-18(2)15-28(39(33,34)22-10-8-20(26)9-11-22)16-24(37-38(30,31)32)23(14-19-6-4-3-5-7-19)27-25(29)36-21-12-13-35-17-21;;/h3-11,18,21,23-24H,12-17,26H2,1-2H3,(H,27,29)(H2,30,31,32);;/q;2*+1/p-2/t21-,23-,24+;;/m0../s1. The van der Waals surface area contributed by atoms with Crippen molar-refractivity contribution in [3.63, 3.8) is 0 Å². The normalized spacial score (nSPS) is 16.9. The molecule has 1 saturated heterocycles. The predicted molar refractivity (Wildman–Crippen MR) is 140 cm³/mol. The molecule has 2 aromatic rings. The predicted octanol–water partition coefficient (Wildman–Crippen LogP) is -4.74. The topological polar surface area (TPSA) is 183 Å². The summed E-state index contributed by atoms with van der Waals surface area (Å²) < 4.78 is 55.6. The summed E-state index contributed by atoms with van der Waals surface area (Å²) in [6.07, 6.45) is -2.41. The van der Waals surface area contributed by atoms with E-state index in [4.69, 9.17) is 19.7 Å². The summed E-state index contributed by atoms with van der Waals surface area (Å²) in [5.41, 5.74) is 6.75. The van der Waals surface area contributed by atoms with E-state index in [-0.39, 0.29) is 89.5 Å². The van der Waals surface area contributed by atoms with Gasteiger partial charge in [-0.3, -0.25) is 0 Å². The van der Waals surface area contributed by atoms with E-state index in [1.807, 2.05) is 0 Å². The van der Waals surface area contributed by atoms with Crippen molar-refractivity contribution < 1.29 is 101 Å². The second-order valence-electron chi connectivity index (χ2n) is 9.71. The van der Waals surface area contributed by atoms with Crippen molar-refractivity contribution in [2.45, 2.75) is 49.8 Å². The molecular formula is C25H34N3Na2O9PS. The second-order valence-corrected chi connectivity index (χ2v) is 12.8. The largest absolute Gasteiger partial charge is 1.00 e. The monoisotopic (exact) mass is 629 g/mol. The van der Waals surface area contributed by atoms with Gasteiger partial charge in [0.05, 0.1) is 38.1 Å². The number of phosphoric acid groups is 1. The van der Waals surface area contributed by atoms with Crippen LogP contribution in [0.25, 0.3) is 0 Å². The fourth-order valence-corrected chi connectivity index (χ4v) is 6.31. The molecule has 1 aliphatic rings. The molecular weight excluding hydrogens is 595 g/mol. The Morgan fingerprint density at radius 2 is 1.76 bits per heavy atom. The smallest absolute Gasteiger partial charge is 0.790 e. The number of anilines is 1. The SMILES string of the molecule is CC(C)CN(C[C@@H](OP(=O)([O-])[O-])[C@H](Cc1ccccc1)NC(=O)O[C@H]1CCOC1)S(=O)(=O)c1ccc(N)cc1.[Na+].[Na+]. The Hall–Kier alpha value is -0.510. The number of hydrogen-bond donors (Lipinski definition) is 2. The quantitative estimate of drug-likeness (QED) is 0.124. The molecule has 1 aliphatic heterocycles. The van der Waals surface area contributed by atoms with Gasteiger partial charge in [0.2, 0.25) is 10.0 Å². The fourth-order valence-electron chi connectivity index (χ4n) is 4.15. The Balaban J connectivity index is 0.00000420. The molecule has 0 unspecified atom stereocenters. The molecule has 0 aromatic heterocycles. The van der Waals surface area contributed by atoms with Crippen LogP contribution in [0.15, 0.2) is 59.5 Å². The zero-order valence-electron chi connectivity index (χ0n) is 23.8. The number of nitrogens with zero attached hydrogens (tertiary/aromatic N) is 1. The van der Waals surface area contributed by atoms with Crippen LogP contribution in [0.2, 0.25) is 0 Å². The Morgan fingerprint density at radius 3 is 2.29 bits per heavy atom. The number of hydrogen-bond acceptors (Lipinski definition) is 10. The molecule has 0 radical (unpaired) electrons. The number of nitrogen functional groups attached to an aromatic ring is 1. The van der Waals surface area contributed by atoms with E-state index in [0.717, 1.165) is 4.31 Å². The van der Waals surface area contributed by atoms with Crippen LogP contribution in [-0.4, -0.2) is 63.4 Å². The maximum absolute atomic E-state index is 13.6. The van der Waals surface area contributed by atoms with Crippen LogP contribution >= 0.6 is 7.82 Å². The average molecular weight is 630 g/mol. The third-order valence-corrected chi connectivity index (χ3v) is 8.32. The Kier molecular flexibility index (Phi) is 16.6. The van der Waals surface area contributed by atoms with Crippen LogP contribution in [0.1, 0.15) is 25.8 Å². The number of amides is 1. The molecule has 12 nitrogen and oxygen atoms in total. The van der Waals surface area contributed by atoms with Crippen LogP contribution < -0.4 is 80.0 Å². The fraction of sp³-hybridized carbons (Fsp3) is 0.480. The number of nitrogens with one attached hydrogen (secondary N) is 1. The van der Waals surface area contributed by atoms with Gasteiger partial charge in [0.25, 0.3) is 0 Å². The molecule has 1 fully saturated rings. The van der Waals surface area contributed by atoms with Crippen molar-refractivity contribution in [3.8, 4) is 0 Å². The van der Waals surface area contributed by atoms with Crippen molar-refractivity contribution in [1.82, 2.24) is 9.62 Å². The van der Waals surface area contributed by atoms with Gasteiger partial charge in [-0.15, -0.1) is 0 Å². The maximum atomic E-state index is 13.6.